The number of rotatable bonds is 4. The van der Waals surface area contributed by atoms with Crippen LogP contribution in [0.5, 0.6) is 0 Å². The number of benzene rings is 1. The summed E-state index contributed by atoms with van der Waals surface area (Å²) in [6.07, 6.45) is 1.14. The van der Waals surface area contributed by atoms with Gasteiger partial charge >= 0.3 is 0 Å². The summed E-state index contributed by atoms with van der Waals surface area (Å²) in [5, 5.41) is 14.6. The second kappa shape index (κ2) is 4.77. The Morgan fingerprint density at radius 2 is 2.15 bits per heavy atom. The smallest absolute Gasteiger partial charge is 0.290 e. The topological polar surface area (TPSA) is 146 Å². The van der Waals surface area contributed by atoms with E-state index in [-0.39, 0.29) is 11.6 Å². The van der Waals surface area contributed by atoms with E-state index in [0.29, 0.717) is 0 Å². The molecule has 0 spiro atoms. The van der Waals surface area contributed by atoms with Crippen LogP contribution in [-0.4, -0.2) is 28.1 Å². The number of nitro groups is 1. The molecule has 2 aromatic rings. The summed E-state index contributed by atoms with van der Waals surface area (Å²) in [6, 6.07) is 3.29. The standard InChI is InChI=1S/C9H10N6O4S/c1-14-9(11-5-12-14)13-20(18,19)8-4-6(10)2-3-7(8)15(16)17/h2-5H,10H2,1H3,(H,11,12,13). The van der Waals surface area contributed by atoms with Crippen LogP contribution in [0.4, 0.5) is 17.3 Å². The third-order valence-electron chi connectivity index (χ3n) is 2.41. The van der Waals surface area contributed by atoms with Crippen molar-refractivity contribution in [3.8, 4) is 0 Å². The van der Waals surface area contributed by atoms with Gasteiger partial charge in [-0.3, -0.25) is 10.1 Å². The number of hydrogen-bond acceptors (Lipinski definition) is 7. The van der Waals surface area contributed by atoms with Gasteiger partial charge in [0.1, 0.15) is 6.33 Å². The number of nitro benzene ring substituents is 1. The number of nitrogens with zero attached hydrogens (tertiary/aromatic N) is 4. The van der Waals surface area contributed by atoms with E-state index in [0.717, 1.165) is 18.5 Å². The van der Waals surface area contributed by atoms with E-state index in [2.05, 4.69) is 14.8 Å². The lowest BCUT2D eigenvalue weighted by Crippen LogP contribution is -2.17. The zero-order valence-corrected chi connectivity index (χ0v) is 11.0. The van der Waals surface area contributed by atoms with E-state index in [1.807, 2.05) is 0 Å². The SMILES string of the molecule is Cn1ncnc1NS(=O)(=O)c1cc(N)ccc1[N+](=O)[O-]. The fourth-order valence-corrected chi connectivity index (χ4v) is 2.70. The van der Waals surface area contributed by atoms with Crippen molar-refractivity contribution in [3.05, 3.63) is 34.6 Å². The lowest BCUT2D eigenvalue weighted by molar-refractivity contribution is -0.387. The Balaban J connectivity index is 2.52. The van der Waals surface area contributed by atoms with Crippen molar-refractivity contribution in [2.24, 2.45) is 7.05 Å². The molecule has 0 saturated carbocycles. The van der Waals surface area contributed by atoms with Crippen molar-refractivity contribution >= 4 is 27.3 Å². The molecule has 0 aliphatic carbocycles. The fraction of sp³-hybridized carbons (Fsp3) is 0.111. The molecule has 1 aromatic carbocycles. The first-order chi connectivity index (χ1) is 9.31. The van der Waals surface area contributed by atoms with Crippen molar-refractivity contribution in [1.29, 1.82) is 0 Å². The molecule has 0 amide bonds. The lowest BCUT2D eigenvalue weighted by Gasteiger charge is -2.07. The maximum Gasteiger partial charge on any atom is 0.290 e. The number of anilines is 2. The molecule has 0 fully saturated rings. The van der Waals surface area contributed by atoms with E-state index in [1.165, 1.54) is 17.8 Å². The minimum absolute atomic E-state index is 0.0678. The third kappa shape index (κ3) is 2.51. The van der Waals surface area contributed by atoms with Crippen LogP contribution in [0.3, 0.4) is 0 Å². The van der Waals surface area contributed by atoms with Gasteiger partial charge in [-0.25, -0.2) is 17.8 Å². The summed E-state index contributed by atoms with van der Waals surface area (Å²) in [5.41, 5.74) is 5.00. The van der Waals surface area contributed by atoms with E-state index in [4.69, 9.17) is 5.73 Å². The molecule has 106 valence electrons. The highest BCUT2D eigenvalue weighted by Crippen LogP contribution is 2.27. The van der Waals surface area contributed by atoms with Gasteiger partial charge in [-0.1, -0.05) is 0 Å². The van der Waals surface area contributed by atoms with Gasteiger partial charge < -0.3 is 5.73 Å². The van der Waals surface area contributed by atoms with Crippen LogP contribution in [0, 0.1) is 10.1 Å². The van der Waals surface area contributed by atoms with E-state index in [1.54, 1.807) is 0 Å². The number of sulfonamides is 1. The third-order valence-corrected chi connectivity index (χ3v) is 3.76. The normalized spacial score (nSPS) is 11.2. The quantitative estimate of drug-likeness (QED) is 0.462. The molecule has 10 nitrogen and oxygen atoms in total. The molecule has 0 aliphatic heterocycles. The van der Waals surface area contributed by atoms with Crippen LogP contribution in [-0.2, 0) is 17.1 Å². The average Bonchev–Trinajstić information content (AvgIpc) is 2.74. The summed E-state index contributed by atoms with van der Waals surface area (Å²) < 4.78 is 27.6. The van der Waals surface area contributed by atoms with Crippen LogP contribution in [0.2, 0.25) is 0 Å². The molecule has 1 heterocycles. The summed E-state index contributed by atoms with van der Waals surface area (Å²) in [5.74, 6) is -0.0678. The van der Waals surface area contributed by atoms with E-state index in [9.17, 15) is 18.5 Å². The monoisotopic (exact) mass is 298 g/mol. The number of aryl methyl sites for hydroxylation is 1. The van der Waals surface area contributed by atoms with Crippen molar-refractivity contribution in [1.82, 2.24) is 14.8 Å². The highest BCUT2D eigenvalue weighted by Gasteiger charge is 2.27. The first-order valence-electron chi connectivity index (χ1n) is 5.22. The molecule has 0 unspecified atom stereocenters. The highest BCUT2D eigenvalue weighted by atomic mass is 32.2. The number of hydrogen-bond donors (Lipinski definition) is 2. The Hall–Kier alpha value is -2.69. The molecule has 1 aromatic heterocycles. The Bertz CT molecular complexity index is 768. The van der Waals surface area contributed by atoms with Crippen molar-refractivity contribution < 1.29 is 13.3 Å². The van der Waals surface area contributed by atoms with Crippen LogP contribution in [0.15, 0.2) is 29.4 Å². The van der Waals surface area contributed by atoms with Crippen LogP contribution in [0.1, 0.15) is 0 Å². The Morgan fingerprint density at radius 3 is 2.70 bits per heavy atom. The van der Waals surface area contributed by atoms with Crippen LogP contribution in [0.25, 0.3) is 0 Å². The largest absolute Gasteiger partial charge is 0.399 e. The van der Waals surface area contributed by atoms with Crippen LogP contribution >= 0.6 is 0 Å². The molecule has 0 aliphatic rings. The fourth-order valence-electron chi connectivity index (χ4n) is 1.46. The first kappa shape index (κ1) is 13.7. The van der Waals surface area contributed by atoms with Gasteiger partial charge in [0.2, 0.25) is 5.95 Å². The summed E-state index contributed by atoms with van der Waals surface area (Å²) in [6.45, 7) is 0. The Labute approximate surface area is 113 Å². The summed E-state index contributed by atoms with van der Waals surface area (Å²) in [4.78, 5) is 13.2. The first-order valence-corrected chi connectivity index (χ1v) is 6.70. The molecular weight excluding hydrogens is 288 g/mol. The molecule has 3 N–H and O–H groups in total. The lowest BCUT2D eigenvalue weighted by atomic mass is 10.3. The Morgan fingerprint density at radius 1 is 1.45 bits per heavy atom. The molecule has 2 rings (SSSR count). The molecule has 0 atom stereocenters. The predicted octanol–water partition coefficient (Wildman–Crippen LogP) is 0.106. The van der Waals surface area contributed by atoms with Crippen molar-refractivity contribution in [3.63, 3.8) is 0 Å². The second-order valence-electron chi connectivity index (χ2n) is 3.80. The maximum atomic E-state index is 12.2. The molecular formula is C9H10N6O4S. The van der Waals surface area contributed by atoms with Gasteiger partial charge in [0.05, 0.1) is 4.92 Å². The van der Waals surface area contributed by atoms with Gasteiger partial charge in [-0.05, 0) is 12.1 Å². The number of nitrogens with two attached hydrogens (primary N) is 1. The van der Waals surface area contributed by atoms with E-state index < -0.39 is 25.5 Å². The highest BCUT2D eigenvalue weighted by molar-refractivity contribution is 7.92. The molecule has 20 heavy (non-hydrogen) atoms. The number of aromatic nitrogens is 3. The van der Waals surface area contributed by atoms with Crippen molar-refractivity contribution in [2.75, 3.05) is 10.5 Å². The van der Waals surface area contributed by atoms with Gasteiger partial charge in [-0.2, -0.15) is 10.1 Å². The summed E-state index contributed by atoms with van der Waals surface area (Å²) in [7, 11) is -2.73. The van der Waals surface area contributed by atoms with Crippen molar-refractivity contribution in [2.45, 2.75) is 4.90 Å². The van der Waals surface area contributed by atoms with Gasteiger partial charge in [0, 0.05) is 18.8 Å². The average molecular weight is 298 g/mol. The summed E-state index contributed by atoms with van der Waals surface area (Å²) >= 11 is 0. The zero-order chi connectivity index (χ0) is 14.9. The molecule has 11 heteroatoms. The second-order valence-corrected chi connectivity index (χ2v) is 5.45. The van der Waals surface area contributed by atoms with Gasteiger partial charge in [0.25, 0.3) is 15.7 Å². The number of nitrogen functional groups attached to an aromatic ring is 1. The molecule has 0 saturated heterocycles. The van der Waals surface area contributed by atoms with Gasteiger partial charge in [0.15, 0.2) is 4.90 Å². The molecule has 0 bridgehead atoms. The van der Waals surface area contributed by atoms with Gasteiger partial charge in [-0.15, -0.1) is 0 Å². The van der Waals surface area contributed by atoms with Crippen LogP contribution < -0.4 is 10.5 Å². The zero-order valence-electron chi connectivity index (χ0n) is 10.2. The van der Waals surface area contributed by atoms with E-state index >= 15 is 0 Å². The Kier molecular flexibility index (Phi) is 3.28. The predicted molar refractivity (Wildman–Crippen MR) is 69.3 cm³/mol. The minimum Gasteiger partial charge on any atom is -0.399 e. The minimum atomic E-state index is -4.20. The maximum absolute atomic E-state index is 12.2. The molecule has 0 radical (unpaired) electrons. The number of nitrogens with one attached hydrogen (secondary N) is 1.